The van der Waals surface area contributed by atoms with Gasteiger partial charge in [0.1, 0.15) is 5.69 Å². The largest absolute Gasteiger partial charge is 0.274 e. The van der Waals surface area contributed by atoms with E-state index in [0.29, 0.717) is 4.47 Å². The van der Waals surface area contributed by atoms with E-state index in [9.17, 15) is 26.0 Å². The van der Waals surface area contributed by atoms with Gasteiger partial charge in [-0.3, -0.25) is 4.72 Å². The molecule has 2 rings (SSSR count). The maximum Gasteiger partial charge on any atom is 0.262 e. The fourth-order valence-corrected chi connectivity index (χ4v) is 3.15. The molecule has 0 aliphatic rings. The minimum atomic E-state index is -4.41. The molecule has 21 heavy (non-hydrogen) atoms. The van der Waals surface area contributed by atoms with Crippen LogP contribution >= 0.6 is 15.9 Å². The predicted molar refractivity (Wildman–Crippen MR) is 71.2 cm³/mol. The van der Waals surface area contributed by atoms with Crippen molar-refractivity contribution in [2.45, 2.75) is 4.90 Å². The summed E-state index contributed by atoms with van der Waals surface area (Å²) in [5, 5.41) is 0. The van der Waals surface area contributed by atoms with Gasteiger partial charge in [-0.25, -0.2) is 26.0 Å². The number of halogens is 5. The molecule has 0 fully saturated rings. The van der Waals surface area contributed by atoms with Crippen molar-refractivity contribution in [3.05, 3.63) is 58.1 Å². The minimum absolute atomic E-state index is 0.0123. The lowest BCUT2D eigenvalue weighted by molar-refractivity contribution is 0.459. The molecular weight excluding hydrogens is 378 g/mol. The van der Waals surface area contributed by atoms with Gasteiger partial charge in [0, 0.05) is 10.5 Å². The van der Waals surface area contributed by atoms with Crippen molar-refractivity contribution in [1.29, 1.82) is 0 Å². The van der Waals surface area contributed by atoms with E-state index in [1.54, 1.807) is 0 Å². The second-order valence-corrected chi connectivity index (χ2v) is 6.50. The van der Waals surface area contributed by atoms with Crippen molar-refractivity contribution in [2.24, 2.45) is 0 Å². The number of sulfonamides is 1. The van der Waals surface area contributed by atoms with Crippen LogP contribution in [0.4, 0.5) is 23.2 Å². The van der Waals surface area contributed by atoms with Crippen LogP contribution in [-0.2, 0) is 10.0 Å². The normalized spacial score (nSPS) is 11.5. The standard InChI is InChI=1S/C12H6BrF4NO2S/c13-6-2-1-3-7(4-6)21(19,20)18-12-10(16)8(14)5-9(15)11(12)17/h1-5,18H. The van der Waals surface area contributed by atoms with Crippen LogP contribution in [0.1, 0.15) is 0 Å². The summed E-state index contributed by atoms with van der Waals surface area (Å²) in [7, 11) is -4.41. The van der Waals surface area contributed by atoms with Gasteiger partial charge in [0.15, 0.2) is 23.3 Å². The number of hydrogen-bond donors (Lipinski definition) is 1. The van der Waals surface area contributed by atoms with Gasteiger partial charge in [-0.1, -0.05) is 22.0 Å². The van der Waals surface area contributed by atoms with Crippen LogP contribution < -0.4 is 4.72 Å². The molecular formula is C12H6BrF4NO2S. The summed E-state index contributed by atoms with van der Waals surface area (Å²) in [5.41, 5.74) is -1.41. The average molecular weight is 384 g/mol. The van der Waals surface area contributed by atoms with E-state index in [0.717, 1.165) is 12.1 Å². The molecule has 0 aliphatic carbocycles. The van der Waals surface area contributed by atoms with Gasteiger partial charge in [0.05, 0.1) is 4.90 Å². The Labute approximate surface area is 125 Å². The smallest absolute Gasteiger partial charge is 0.262 e. The van der Waals surface area contributed by atoms with E-state index in [1.807, 2.05) is 0 Å². The second-order valence-electron chi connectivity index (χ2n) is 3.91. The van der Waals surface area contributed by atoms with Crippen LogP contribution in [0.3, 0.4) is 0 Å². The summed E-state index contributed by atoms with van der Waals surface area (Å²) in [5.74, 6) is -7.07. The van der Waals surface area contributed by atoms with E-state index < -0.39 is 39.0 Å². The Morgan fingerprint density at radius 1 is 0.952 bits per heavy atom. The van der Waals surface area contributed by atoms with E-state index in [4.69, 9.17) is 0 Å². The van der Waals surface area contributed by atoms with Crippen LogP contribution in [0.2, 0.25) is 0 Å². The third-order valence-corrected chi connectivity index (χ3v) is 4.30. The van der Waals surface area contributed by atoms with E-state index in [2.05, 4.69) is 15.9 Å². The zero-order chi connectivity index (χ0) is 15.8. The number of anilines is 1. The van der Waals surface area contributed by atoms with E-state index in [-0.39, 0.29) is 11.0 Å². The average Bonchev–Trinajstić information content (AvgIpc) is 2.41. The summed E-state index contributed by atoms with van der Waals surface area (Å²) in [6, 6.07) is 5.20. The van der Waals surface area contributed by atoms with Crippen LogP contribution in [0.25, 0.3) is 0 Å². The number of benzene rings is 2. The summed E-state index contributed by atoms with van der Waals surface area (Å²) in [6.07, 6.45) is 0. The quantitative estimate of drug-likeness (QED) is 0.647. The third kappa shape index (κ3) is 3.18. The fraction of sp³-hybridized carbons (Fsp3) is 0. The van der Waals surface area contributed by atoms with E-state index >= 15 is 0 Å². The molecule has 0 radical (unpaired) electrons. The monoisotopic (exact) mass is 383 g/mol. The first-order valence-electron chi connectivity index (χ1n) is 5.34. The highest BCUT2D eigenvalue weighted by Gasteiger charge is 2.24. The van der Waals surface area contributed by atoms with Gasteiger partial charge >= 0.3 is 0 Å². The first kappa shape index (κ1) is 15.8. The van der Waals surface area contributed by atoms with Crippen LogP contribution in [0.5, 0.6) is 0 Å². The highest BCUT2D eigenvalue weighted by molar-refractivity contribution is 9.10. The first-order valence-corrected chi connectivity index (χ1v) is 7.61. The second kappa shape index (κ2) is 5.64. The van der Waals surface area contributed by atoms with Crippen molar-refractivity contribution in [2.75, 3.05) is 4.72 Å². The highest BCUT2D eigenvalue weighted by atomic mass is 79.9. The van der Waals surface area contributed by atoms with Crippen molar-refractivity contribution < 1.29 is 26.0 Å². The molecule has 0 bridgehead atoms. The summed E-state index contributed by atoms with van der Waals surface area (Å²) < 4.78 is 78.8. The Morgan fingerprint density at radius 2 is 1.52 bits per heavy atom. The van der Waals surface area contributed by atoms with Crippen molar-refractivity contribution in [1.82, 2.24) is 0 Å². The molecule has 0 saturated heterocycles. The van der Waals surface area contributed by atoms with Gasteiger partial charge in [-0.05, 0) is 18.2 Å². The van der Waals surface area contributed by atoms with E-state index in [1.165, 1.54) is 16.9 Å². The minimum Gasteiger partial charge on any atom is -0.274 e. The Balaban J connectivity index is 2.52. The fourth-order valence-electron chi connectivity index (χ4n) is 1.49. The van der Waals surface area contributed by atoms with Gasteiger partial charge < -0.3 is 0 Å². The van der Waals surface area contributed by atoms with Crippen LogP contribution in [-0.4, -0.2) is 8.42 Å². The maximum atomic E-state index is 13.4. The highest BCUT2D eigenvalue weighted by Crippen LogP contribution is 2.27. The summed E-state index contributed by atoms with van der Waals surface area (Å²) in [6.45, 7) is 0. The lowest BCUT2D eigenvalue weighted by Crippen LogP contribution is -2.16. The van der Waals surface area contributed by atoms with Crippen molar-refractivity contribution in [3.63, 3.8) is 0 Å². The van der Waals surface area contributed by atoms with Crippen molar-refractivity contribution in [3.8, 4) is 0 Å². The summed E-state index contributed by atoms with van der Waals surface area (Å²) in [4.78, 5) is -0.333. The molecule has 2 aromatic carbocycles. The van der Waals surface area contributed by atoms with Crippen LogP contribution in [0.15, 0.2) is 39.7 Å². The predicted octanol–water partition coefficient (Wildman–Crippen LogP) is 3.81. The first-order chi connectivity index (χ1) is 9.72. The molecule has 112 valence electrons. The molecule has 1 N–H and O–H groups in total. The van der Waals surface area contributed by atoms with Crippen molar-refractivity contribution >= 4 is 31.6 Å². The maximum absolute atomic E-state index is 13.4. The Morgan fingerprint density at radius 3 is 2.05 bits per heavy atom. The Bertz CT molecular complexity index is 785. The Kier molecular flexibility index (Phi) is 4.24. The lowest BCUT2D eigenvalue weighted by atomic mass is 10.3. The third-order valence-electron chi connectivity index (χ3n) is 2.45. The molecule has 0 aromatic heterocycles. The molecule has 0 unspecified atom stereocenters. The molecule has 0 saturated carbocycles. The number of hydrogen-bond acceptors (Lipinski definition) is 2. The molecule has 0 heterocycles. The molecule has 2 aromatic rings. The molecule has 0 atom stereocenters. The molecule has 0 spiro atoms. The number of nitrogens with one attached hydrogen (secondary N) is 1. The van der Waals surface area contributed by atoms with Gasteiger partial charge in [0.25, 0.3) is 10.0 Å². The Hall–Kier alpha value is -1.61. The summed E-state index contributed by atoms with van der Waals surface area (Å²) >= 11 is 3.03. The molecule has 0 aliphatic heterocycles. The lowest BCUT2D eigenvalue weighted by Gasteiger charge is -2.11. The van der Waals surface area contributed by atoms with Gasteiger partial charge in [-0.2, -0.15) is 0 Å². The zero-order valence-electron chi connectivity index (χ0n) is 10.0. The molecule has 9 heteroatoms. The molecule has 3 nitrogen and oxygen atoms in total. The molecule has 0 amide bonds. The zero-order valence-corrected chi connectivity index (χ0v) is 12.4. The SMILES string of the molecule is O=S(=O)(Nc1c(F)c(F)cc(F)c1F)c1cccc(Br)c1. The van der Waals surface area contributed by atoms with Crippen LogP contribution in [0, 0.1) is 23.3 Å². The van der Waals surface area contributed by atoms with Gasteiger partial charge in [0.2, 0.25) is 0 Å². The number of rotatable bonds is 3. The topological polar surface area (TPSA) is 46.2 Å². The van der Waals surface area contributed by atoms with Gasteiger partial charge in [-0.15, -0.1) is 0 Å².